The third kappa shape index (κ3) is 5.88. The summed E-state index contributed by atoms with van der Waals surface area (Å²) in [5, 5.41) is -0.684. The summed E-state index contributed by atoms with van der Waals surface area (Å²) in [4.78, 5) is 14.4. The predicted molar refractivity (Wildman–Crippen MR) is 191 cm³/mol. The summed E-state index contributed by atoms with van der Waals surface area (Å²) in [6.45, 7) is 21.0. The summed E-state index contributed by atoms with van der Waals surface area (Å²) >= 11 is 1.71. The lowest BCUT2D eigenvalue weighted by Gasteiger charge is -2.37. The van der Waals surface area contributed by atoms with Gasteiger partial charge < -0.3 is 23.4 Å². The zero-order valence-corrected chi connectivity index (χ0v) is 30.5. The van der Waals surface area contributed by atoms with Gasteiger partial charge in [-0.25, -0.2) is 4.79 Å². The first kappa shape index (κ1) is 34.3. The second kappa shape index (κ2) is 12.1. The van der Waals surface area contributed by atoms with Crippen LogP contribution in [0.1, 0.15) is 102 Å². The first-order valence-electron chi connectivity index (χ1n) is 17.0. The molecule has 47 heavy (non-hydrogen) atoms. The first-order valence-corrected chi connectivity index (χ1v) is 17.8. The number of hydrogen-bond acceptors (Lipinski definition) is 7. The van der Waals surface area contributed by atoms with Crippen molar-refractivity contribution in [2.75, 3.05) is 6.61 Å². The fourth-order valence-electron chi connectivity index (χ4n) is 6.77. The van der Waals surface area contributed by atoms with Gasteiger partial charge in [-0.3, -0.25) is 4.40 Å². The molecule has 0 N–H and O–H groups in total. The second-order valence-electron chi connectivity index (χ2n) is 15.3. The molecule has 250 valence electrons. The van der Waals surface area contributed by atoms with Crippen LogP contribution < -0.4 is 0 Å². The van der Waals surface area contributed by atoms with Crippen molar-refractivity contribution < 1.29 is 28.1 Å². The molecule has 0 unspecified atom stereocenters. The van der Waals surface area contributed by atoms with Crippen molar-refractivity contribution in [3.05, 3.63) is 77.0 Å². The third-order valence-electron chi connectivity index (χ3n) is 11.2. The van der Waals surface area contributed by atoms with Crippen molar-refractivity contribution in [1.82, 2.24) is 4.40 Å². The van der Waals surface area contributed by atoms with E-state index >= 15 is 0 Å². The molecule has 0 amide bonds. The van der Waals surface area contributed by atoms with Crippen LogP contribution in [0, 0.1) is 6.92 Å². The molecule has 4 heterocycles. The molecule has 7 nitrogen and oxygen atoms in total. The SMILES string of the molecule is CCOC(=O)c1cc(CCC(CCc2ccccc2)(B2OC(C)(C)C(C)(C)O2)B2OC(C)(C)C(C)(C)O2)c2sc3cccc(C)c3n12. The van der Waals surface area contributed by atoms with Gasteiger partial charge in [-0.2, -0.15) is 0 Å². The number of aromatic nitrogens is 1. The molecule has 4 aromatic rings. The summed E-state index contributed by atoms with van der Waals surface area (Å²) < 4.78 is 36.5. The number of rotatable bonds is 10. The maximum atomic E-state index is 13.4. The standard InChI is InChI=1S/C37H49B2NO6S/c1-11-42-32(41)28-24-27(31-40(28)30-25(2)16-15-19-29(30)47-31)21-23-37(22-20-26-17-13-12-14-18-26,38-43-33(3,4)34(5,6)44-38)39-45-35(7,8)36(9,10)46-39/h12-19,24H,11,20-23H2,1-10H3. The molecule has 0 radical (unpaired) electrons. The Morgan fingerprint density at radius 2 is 1.36 bits per heavy atom. The highest BCUT2D eigenvalue weighted by Crippen LogP contribution is 2.56. The molecule has 0 atom stereocenters. The van der Waals surface area contributed by atoms with Gasteiger partial charge in [0.2, 0.25) is 0 Å². The minimum absolute atomic E-state index is 0.314. The largest absolute Gasteiger partial charge is 0.462 e. The Balaban J connectivity index is 1.48. The summed E-state index contributed by atoms with van der Waals surface area (Å²) in [6, 6.07) is 18.9. The quantitative estimate of drug-likeness (QED) is 0.126. The van der Waals surface area contributed by atoms with Gasteiger partial charge in [0.25, 0.3) is 0 Å². The lowest BCUT2D eigenvalue weighted by Crippen LogP contribution is -2.49. The van der Waals surface area contributed by atoms with E-state index in [0.717, 1.165) is 39.0 Å². The van der Waals surface area contributed by atoms with Crippen LogP contribution in [-0.4, -0.2) is 53.6 Å². The molecular weight excluding hydrogens is 608 g/mol. The minimum atomic E-state index is -0.684. The smallest absolute Gasteiger partial charge is 0.461 e. The Morgan fingerprint density at radius 3 is 1.91 bits per heavy atom. The van der Waals surface area contributed by atoms with Crippen molar-refractivity contribution in [1.29, 1.82) is 0 Å². The molecule has 2 fully saturated rings. The topological polar surface area (TPSA) is 67.6 Å². The van der Waals surface area contributed by atoms with Gasteiger partial charge in [0.05, 0.1) is 39.2 Å². The number of para-hydroxylation sites is 1. The molecule has 0 bridgehead atoms. The van der Waals surface area contributed by atoms with Crippen LogP contribution in [0.15, 0.2) is 54.6 Å². The van der Waals surface area contributed by atoms with E-state index in [1.165, 1.54) is 5.56 Å². The molecule has 2 aliphatic rings. The van der Waals surface area contributed by atoms with E-state index in [-0.39, 0.29) is 5.97 Å². The maximum Gasteiger partial charge on any atom is 0.462 e. The summed E-state index contributed by atoms with van der Waals surface area (Å²) in [5.74, 6) is -0.316. The average molecular weight is 657 g/mol. The summed E-state index contributed by atoms with van der Waals surface area (Å²) in [7, 11) is -1.17. The highest BCUT2D eigenvalue weighted by Gasteiger charge is 2.68. The number of aryl methyl sites for hydroxylation is 3. The third-order valence-corrected chi connectivity index (χ3v) is 12.4. The average Bonchev–Trinajstić information content (AvgIpc) is 3.67. The number of esters is 1. The van der Waals surface area contributed by atoms with Gasteiger partial charge in [0.15, 0.2) is 0 Å². The van der Waals surface area contributed by atoms with Crippen LogP contribution in [0.3, 0.4) is 0 Å². The maximum absolute atomic E-state index is 13.4. The van der Waals surface area contributed by atoms with E-state index in [2.05, 4.69) is 109 Å². The van der Waals surface area contributed by atoms with E-state index in [9.17, 15) is 4.79 Å². The molecule has 0 saturated carbocycles. The number of benzene rings is 2. The van der Waals surface area contributed by atoms with Crippen molar-refractivity contribution >= 4 is 46.6 Å². The zero-order valence-electron chi connectivity index (χ0n) is 29.7. The summed E-state index contributed by atoms with van der Waals surface area (Å²) in [5.41, 5.74) is 2.89. The van der Waals surface area contributed by atoms with E-state index in [1.807, 2.05) is 19.1 Å². The monoisotopic (exact) mass is 657 g/mol. The van der Waals surface area contributed by atoms with Gasteiger partial charge in [-0.05, 0) is 124 Å². The van der Waals surface area contributed by atoms with Crippen LogP contribution in [0.25, 0.3) is 15.0 Å². The Labute approximate surface area is 284 Å². The van der Waals surface area contributed by atoms with Gasteiger partial charge in [-0.1, -0.05) is 42.5 Å². The highest BCUT2D eigenvalue weighted by atomic mass is 32.1. The van der Waals surface area contributed by atoms with Crippen LogP contribution in [0.5, 0.6) is 0 Å². The van der Waals surface area contributed by atoms with Crippen molar-refractivity contribution in [3.63, 3.8) is 0 Å². The van der Waals surface area contributed by atoms with E-state index in [1.54, 1.807) is 11.3 Å². The lowest BCUT2D eigenvalue weighted by molar-refractivity contribution is 0.00578. The predicted octanol–water partition coefficient (Wildman–Crippen LogP) is 8.67. The number of hydrogen-bond donors (Lipinski definition) is 0. The Bertz CT molecular complexity index is 1710. The second-order valence-corrected chi connectivity index (χ2v) is 16.4. The molecule has 0 aliphatic carbocycles. The highest BCUT2D eigenvalue weighted by molar-refractivity contribution is 7.24. The first-order chi connectivity index (χ1) is 22.0. The van der Waals surface area contributed by atoms with Gasteiger partial charge >= 0.3 is 20.2 Å². The molecule has 2 aliphatic heterocycles. The molecule has 2 aromatic heterocycles. The molecular formula is C37H49B2NO6S. The van der Waals surface area contributed by atoms with E-state index in [4.69, 9.17) is 23.4 Å². The normalized spacial score (nSPS) is 20.0. The Kier molecular flexibility index (Phi) is 8.79. The van der Waals surface area contributed by atoms with Crippen LogP contribution in [-0.2, 0) is 36.2 Å². The van der Waals surface area contributed by atoms with Crippen molar-refractivity contribution in [3.8, 4) is 0 Å². The molecule has 0 spiro atoms. The number of ether oxygens (including phenoxy) is 1. The van der Waals surface area contributed by atoms with Gasteiger partial charge in [-0.15, -0.1) is 11.3 Å². The van der Waals surface area contributed by atoms with E-state index in [0.29, 0.717) is 25.1 Å². The molecule has 10 heteroatoms. The van der Waals surface area contributed by atoms with Crippen LogP contribution in [0.2, 0.25) is 5.21 Å². The van der Waals surface area contributed by atoms with Gasteiger partial charge in [0.1, 0.15) is 10.5 Å². The van der Waals surface area contributed by atoms with E-state index < -0.39 is 41.9 Å². The lowest BCUT2D eigenvalue weighted by atomic mass is 9.35. The van der Waals surface area contributed by atoms with Crippen LogP contribution in [0.4, 0.5) is 0 Å². The number of nitrogens with zero attached hydrogens (tertiary/aromatic N) is 1. The van der Waals surface area contributed by atoms with Crippen LogP contribution >= 0.6 is 11.3 Å². The Hall–Kier alpha value is -2.62. The number of thiazole rings is 1. The fourth-order valence-corrected chi connectivity index (χ4v) is 8.05. The number of carbonyl (C=O) groups excluding carboxylic acids is 1. The van der Waals surface area contributed by atoms with Gasteiger partial charge in [0, 0.05) is 5.21 Å². The van der Waals surface area contributed by atoms with Crippen molar-refractivity contribution in [2.45, 2.75) is 123 Å². The summed E-state index contributed by atoms with van der Waals surface area (Å²) in [6.07, 6.45) is 2.84. The fraction of sp³-hybridized carbons (Fsp3) is 0.541. The molecule has 2 aromatic carbocycles. The minimum Gasteiger partial charge on any atom is -0.461 e. The number of fused-ring (bicyclic) bond motifs is 3. The zero-order chi connectivity index (χ0) is 34.0. The Morgan fingerprint density at radius 1 is 0.809 bits per heavy atom. The molecule has 2 saturated heterocycles. The van der Waals surface area contributed by atoms with Crippen molar-refractivity contribution in [2.24, 2.45) is 0 Å². The number of carbonyl (C=O) groups is 1. The molecule has 6 rings (SSSR count).